The number of amides is 1. The van der Waals surface area contributed by atoms with Crippen molar-refractivity contribution in [2.75, 3.05) is 13.7 Å². The van der Waals surface area contributed by atoms with Gasteiger partial charge in [0.15, 0.2) is 5.75 Å². The van der Waals surface area contributed by atoms with E-state index in [1.54, 1.807) is 18.2 Å². The maximum absolute atomic E-state index is 12.6. The van der Waals surface area contributed by atoms with Crippen LogP contribution in [0.2, 0.25) is 10.0 Å². The molecule has 0 heterocycles. The maximum Gasteiger partial charge on any atom is 0.275 e. The number of hydrogen-bond donors (Lipinski definition) is 1. The Bertz CT molecular complexity index is 1110. The van der Waals surface area contributed by atoms with Gasteiger partial charge in [-0.15, -0.1) is 6.42 Å². The Morgan fingerprint density at radius 1 is 1.17 bits per heavy atom. The van der Waals surface area contributed by atoms with E-state index in [-0.39, 0.29) is 16.7 Å². The average molecular weight is 427 g/mol. The fraction of sp³-hybridized carbons (Fsp3) is 0.0909. The number of nitrogens with one attached hydrogen (secondary N) is 1. The SMILES string of the molecule is C#CCOc1c(Cl)cc(C=NNC(=O)c2cc3ccccc3cc2OC)cc1Cl. The van der Waals surface area contributed by atoms with Crippen LogP contribution in [0, 0.1) is 12.3 Å². The minimum atomic E-state index is -0.407. The first-order valence-electron chi connectivity index (χ1n) is 8.49. The highest BCUT2D eigenvalue weighted by Gasteiger charge is 2.13. The molecular formula is C22H16Cl2N2O3. The highest BCUT2D eigenvalue weighted by atomic mass is 35.5. The summed E-state index contributed by atoms with van der Waals surface area (Å²) in [7, 11) is 1.51. The monoisotopic (exact) mass is 426 g/mol. The summed E-state index contributed by atoms with van der Waals surface area (Å²) >= 11 is 12.3. The predicted molar refractivity (Wildman–Crippen MR) is 116 cm³/mol. The number of methoxy groups -OCH3 is 1. The average Bonchev–Trinajstić information content (AvgIpc) is 2.72. The van der Waals surface area contributed by atoms with Crippen LogP contribution in [0.5, 0.6) is 11.5 Å². The Morgan fingerprint density at radius 3 is 2.45 bits per heavy atom. The summed E-state index contributed by atoms with van der Waals surface area (Å²) in [5.74, 6) is 2.69. The van der Waals surface area contributed by atoms with E-state index in [0.717, 1.165) is 10.8 Å². The van der Waals surface area contributed by atoms with Crippen molar-refractivity contribution in [2.24, 2.45) is 5.10 Å². The van der Waals surface area contributed by atoms with Crippen LogP contribution in [-0.4, -0.2) is 25.8 Å². The van der Waals surface area contributed by atoms with E-state index in [0.29, 0.717) is 22.6 Å². The number of terminal acetylenes is 1. The molecular weight excluding hydrogens is 411 g/mol. The number of rotatable bonds is 6. The second kappa shape index (κ2) is 9.33. The molecule has 3 aromatic rings. The third kappa shape index (κ3) is 4.80. The smallest absolute Gasteiger partial charge is 0.275 e. The van der Waals surface area contributed by atoms with E-state index in [1.165, 1.54) is 13.3 Å². The summed E-state index contributed by atoms with van der Waals surface area (Å²) in [6.45, 7) is 0.0521. The second-order valence-electron chi connectivity index (χ2n) is 5.91. The van der Waals surface area contributed by atoms with Crippen molar-refractivity contribution in [3.05, 3.63) is 69.7 Å². The Labute approximate surface area is 178 Å². The summed E-state index contributed by atoms with van der Waals surface area (Å²) in [6.07, 6.45) is 6.59. The number of benzene rings is 3. The Hall–Kier alpha value is -3.20. The lowest BCUT2D eigenvalue weighted by Crippen LogP contribution is -2.18. The van der Waals surface area contributed by atoms with E-state index in [2.05, 4.69) is 16.4 Å². The molecule has 7 heteroatoms. The summed E-state index contributed by atoms with van der Waals surface area (Å²) < 4.78 is 10.6. The van der Waals surface area contributed by atoms with E-state index in [1.807, 2.05) is 30.3 Å². The van der Waals surface area contributed by atoms with Gasteiger partial charge in [0.25, 0.3) is 5.91 Å². The van der Waals surface area contributed by atoms with Crippen molar-refractivity contribution in [3.8, 4) is 23.8 Å². The summed E-state index contributed by atoms with van der Waals surface area (Å²) in [6, 6.07) is 14.5. The molecule has 0 radical (unpaired) electrons. The molecule has 146 valence electrons. The number of hydrazone groups is 1. The largest absolute Gasteiger partial charge is 0.496 e. The lowest BCUT2D eigenvalue weighted by atomic mass is 10.1. The lowest BCUT2D eigenvalue weighted by molar-refractivity contribution is 0.0952. The molecule has 1 N–H and O–H groups in total. The molecule has 1 amide bonds. The molecule has 0 unspecified atom stereocenters. The van der Waals surface area contributed by atoms with Crippen molar-refractivity contribution in [3.63, 3.8) is 0 Å². The number of carbonyl (C=O) groups excluding carboxylic acids is 1. The summed E-state index contributed by atoms with van der Waals surface area (Å²) in [5.41, 5.74) is 3.44. The highest BCUT2D eigenvalue weighted by Crippen LogP contribution is 2.33. The van der Waals surface area contributed by atoms with Crippen molar-refractivity contribution >= 4 is 46.1 Å². The Kier molecular flexibility index (Phi) is 6.61. The molecule has 0 aliphatic heterocycles. The zero-order valence-corrected chi connectivity index (χ0v) is 16.9. The van der Waals surface area contributed by atoms with Gasteiger partial charge >= 0.3 is 0 Å². The lowest BCUT2D eigenvalue weighted by Gasteiger charge is -2.09. The topological polar surface area (TPSA) is 59.9 Å². The zero-order valence-electron chi connectivity index (χ0n) is 15.4. The van der Waals surface area contributed by atoms with Gasteiger partial charge in [0.05, 0.1) is 28.9 Å². The summed E-state index contributed by atoms with van der Waals surface area (Å²) in [5, 5.41) is 6.45. The third-order valence-corrected chi connectivity index (χ3v) is 4.57. The van der Waals surface area contributed by atoms with Crippen molar-refractivity contribution in [1.29, 1.82) is 0 Å². The van der Waals surface area contributed by atoms with Gasteiger partial charge in [-0.25, -0.2) is 5.43 Å². The fourth-order valence-electron chi connectivity index (χ4n) is 2.70. The molecule has 29 heavy (non-hydrogen) atoms. The van der Waals surface area contributed by atoms with E-state index in [9.17, 15) is 4.79 Å². The zero-order chi connectivity index (χ0) is 20.8. The number of nitrogens with zero attached hydrogens (tertiary/aromatic N) is 1. The van der Waals surface area contributed by atoms with Crippen LogP contribution in [0.15, 0.2) is 53.6 Å². The molecule has 0 spiro atoms. The maximum atomic E-state index is 12.6. The molecule has 0 aliphatic carbocycles. The normalized spacial score (nSPS) is 10.7. The number of halogens is 2. The van der Waals surface area contributed by atoms with E-state index < -0.39 is 5.91 Å². The Balaban J connectivity index is 1.78. The molecule has 5 nitrogen and oxygen atoms in total. The first kappa shape index (κ1) is 20.5. The van der Waals surface area contributed by atoms with Crippen LogP contribution in [-0.2, 0) is 0 Å². The molecule has 3 aromatic carbocycles. The van der Waals surface area contributed by atoms with E-state index >= 15 is 0 Å². The van der Waals surface area contributed by atoms with E-state index in [4.69, 9.17) is 39.1 Å². The molecule has 0 bridgehead atoms. The van der Waals surface area contributed by atoms with Crippen LogP contribution >= 0.6 is 23.2 Å². The van der Waals surface area contributed by atoms with Crippen LogP contribution < -0.4 is 14.9 Å². The van der Waals surface area contributed by atoms with Gasteiger partial charge in [0.2, 0.25) is 0 Å². The summed E-state index contributed by atoms with van der Waals surface area (Å²) in [4.78, 5) is 12.6. The van der Waals surface area contributed by atoms with Crippen LogP contribution in [0.1, 0.15) is 15.9 Å². The van der Waals surface area contributed by atoms with Crippen LogP contribution in [0.4, 0.5) is 0 Å². The molecule has 0 fully saturated rings. The van der Waals surface area contributed by atoms with Gasteiger partial charge in [-0.3, -0.25) is 4.79 Å². The molecule has 0 saturated carbocycles. The number of ether oxygens (including phenoxy) is 2. The molecule has 0 aromatic heterocycles. The number of hydrogen-bond acceptors (Lipinski definition) is 4. The molecule has 3 rings (SSSR count). The Morgan fingerprint density at radius 2 is 1.83 bits per heavy atom. The van der Waals surface area contributed by atoms with Gasteiger partial charge < -0.3 is 9.47 Å². The van der Waals surface area contributed by atoms with Crippen molar-refractivity contribution in [1.82, 2.24) is 5.43 Å². The van der Waals surface area contributed by atoms with Gasteiger partial charge in [0.1, 0.15) is 12.4 Å². The fourth-order valence-corrected chi connectivity index (χ4v) is 3.31. The third-order valence-electron chi connectivity index (χ3n) is 4.01. The minimum absolute atomic E-state index is 0.0521. The first-order valence-corrected chi connectivity index (χ1v) is 9.24. The number of carbonyl (C=O) groups is 1. The van der Waals surface area contributed by atoms with Crippen LogP contribution in [0.25, 0.3) is 10.8 Å². The van der Waals surface area contributed by atoms with Gasteiger partial charge in [-0.05, 0) is 40.6 Å². The molecule has 0 atom stereocenters. The molecule has 0 aliphatic rings. The van der Waals surface area contributed by atoms with Crippen LogP contribution in [0.3, 0.4) is 0 Å². The van der Waals surface area contributed by atoms with Crippen molar-refractivity contribution in [2.45, 2.75) is 0 Å². The molecule has 0 saturated heterocycles. The van der Waals surface area contributed by atoms with Gasteiger partial charge in [0, 0.05) is 0 Å². The first-order chi connectivity index (χ1) is 14.0. The van der Waals surface area contributed by atoms with Gasteiger partial charge in [-0.1, -0.05) is 53.4 Å². The second-order valence-corrected chi connectivity index (χ2v) is 6.72. The quantitative estimate of drug-likeness (QED) is 0.345. The standard InChI is InChI=1S/C22H16Cl2N2O3/c1-3-8-29-21-18(23)9-14(10-19(21)24)13-25-26-22(27)17-11-15-6-4-5-7-16(15)12-20(17)28-2/h1,4-7,9-13H,8H2,2H3,(H,26,27). The number of fused-ring (bicyclic) bond motifs is 1. The minimum Gasteiger partial charge on any atom is -0.496 e. The van der Waals surface area contributed by atoms with Crippen molar-refractivity contribution < 1.29 is 14.3 Å². The van der Waals surface area contributed by atoms with Gasteiger partial charge in [-0.2, -0.15) is 5.10 Å². The predicted octanol–water partition coefficient (Wildman–Crippen LogP) is 4.93. The highest BCUT2D eigenvalue weighted by molar-refractivity contribution is 6.37.